The smallest absolute Gasteiger partial charge is 0.255 e. The van der Waals surface area contributed by atoms with E-state index in [1.807, 2.05) is 0 Å². The van der Waals surface area contributed by atoms with E-state index in [2.05, 4.69) is 10.6 Å². The molecule has 1 aromatic carbocycles. The van der Waals surface area contributed by atoms with Gasteiger partial charge in [0.2, 0.25) is 0 Å². The monoisotopic (exact) mass is 318 g/mol. The van der Waals surface area contributed by atoms with Gasteiger partial charge in [-0.05, 0) is 49.9 Å². The third-order valence-corrected chi connectivity index (χ3v) is 4.49. The van der Waals surface area contributed by atoms with Crippen LogP contribution in [-0.2, 0) is 0 Å². The Balaban J connectivity index is 0.00000147. The summed E-state index contributed by atoms with van der Waals surface area (Å²) < 4.78 is 13.7. The maximum atomic E-state index is 13.7. The van der Waals surface area contributed by atoms with E-state index in [1.54, 1.807) is 0 Å². The second-order valence-electron chi connectivity index (χ2n) is 5.42. The molecule has 1 unspecified atom stereocenters. The summed E-state index contributed by atoms with van der Waals surface area (Å²) in [5, 5.41) is 6.43. The van der Waals surface area contributed by atoms with Crippen LogP contribution in [0.25, 0.3) is 0 Å². The molecule has 0 bridgehead atoms. The van der Waals surface area contributed by atoms with Gasteiger partial charge in [-0.25, -0.2) is 4.39 Å². The first-order valence-corrected chi connectivity index (χ1v) is 6.98. The van der Waals surface area contributed by atoms with Crippen molar-refractivity contribution in [2.45, 2.75) is 18.9 Å². The zero-order chi connectivity index (χ0) is 13.4. The van der Waals surface area contributed by atoms with E-state index in [1.165, 1.54) is 18.2 Å². The predicted molar refractivity (Wildman–Crippen MR) is 79.0 cm³/mol. The molecular weight excluding hydrogens is 302 g/mol. The fraction of sp³-hybridized carbons (Fsp3) is 0.500. The normalized spacial score (nSPS) is 27.8. The number of fused-ring (bicyclic) bond motifs is 1. The standard InChI is InChI=1S/C14H16ClFN2O.ClH/c15-11-2-1-3-12(16)13(11)14(19)18-10-4-8-6-17-7-9(8)5-10;/h1-3,8-10,17H,4-7H2,(H,18,19);1H/t8-,9+,10?;. The zero-order valence-electron chi connectivity index (χ0n) is 10.9. The fourth-order valence-electron chi connectivity index (χ4n) is 3.26. The summed E-state index contributed by atoms with van der Waals surface area (Å²) in [5.41, 5.74) is -0.0423. The van der Waals surface area contributed by atoms with Crippen LogP contribution in [0.3, 0.4) is 0 Å². The Labute approximate surface area is 128 Å². The maximum Gasteiger partial charge on any atom is 0.255 e. The van der Waals surface area contributed by atoms with Gasteiger partial charge in [0.25, 0.3) is 5.91 Å². The van der Waals surface area contributed by atoms with Crippen molar-refractivity contribution in [3.05, 3.63) is 34.6 Å². The quantitative estimate of drug-likeness (QED) is 0.880. The molecule has 1 aliphatic carbocycles. The van der Waals surface area contributed by atoms with E-state index in [9.17, 15) is 9.18 Å². The third kappa shape index (κ3) is 2.92. The molecule has 1 saturated heterocycles. The predicted octanol–water partition coefficient (Wildman–Crippen LogP) is 2.63. The number of rotatable bonds is 2. The van der Waals surface area contributed by atoms with Crippen LogP contribution in [0.4, 0.5) is 4.39 Å². The highest BCUT2D eigenvalue weighted by molar-refractivity contribution is 6.33. The Morgan fingerprint density at radius 3 is 2.55 bits per heavy atom. The molecule has 2 fully saturated rings. The largest absolute Gasteiger partial charge is 0.349 e. The summed E-state index contributed by atoms with van der Waals surface area (Å²) in [6.07, 6.45) is 1.94. The van der Waals surface area contributed by atoms with Gasteiger partial charge < -0.3 is 10.6 Å². The van der Waals surface area contributed by atoms with Crippen LogP contribution in [0.15, 0.2) is 18.2 Å². The molecule has 0 radical (unpaired) electrons. The number of benzene rings is 1. The van der Waals surface area contributed by atoms with Crippen molar-refractivity contribution in [3.63, 3.8) is 0 Å². The van der Waals surface area contributed by atoms with Crippen molar-refractivity contribution in [2.75, 3.05) is 13.1 Å². The average Bonchev–Trinajstić information content (AvgIpc) is 2.89. The first-order chi connectivity index (χ1) is 9.15. The summed E-state index contributed by atoms with van der Waals surface area (Å²) in [6.45, 7) is 2.05. The van der Waals surface area contributed by atoms with E-state index in [0.717, 1.165) is 25.9 Å². The zero-order valence-corrected chi connectivity index (χ0v) is 12.4. The van der Waals surface area contributed by atoms with Crippen molar-refractivity contribution in [1.29, 1.82) is 0 Å². The lowest BCUT2D eigenvalue weighted by Crippen LogP contribution is -2.34. The van der Waals surface area contributed by atoms with E-state index in [0.29, 0.717) is 11.8 Å². The second-order valence-corrected chi connectivity index (χ2v) is 5.82. The number of carbonyl (C=O) groups excluding carboxylic acids is 1. The molecule has 3 rings (SSSR count). The van der Waals surface area contributed by atoms with E-state index in [4.69, 9.17) is 11.6 Å². The summed E-state index contributed by atoms with van der Waals surface area (Å²) in [7, 11) is 0. The summed E-state index contributed by atoms with van der Waals surface area (Å²) in [5.74, 6) is 0.314. The lowest BCUT2D eigenvalue weighted by atomic mass is 10.0. The van der Waals surface area contributed by atoms with E-state index >= 15 is 0 Å². The molecule has 1 aromatic rings. The summed E-state index contributed by atoms with van der Waals surface area (Å²) >= 11 is 5.89. The first kappa shape index (κ1) is 15.5. The fourth-order valence-corrected chi connectivity index (χ4v) is 3.51. The Hall–Kier alpha value is -0.840. The van der Waals surface area contributed by atoms with Crippen LogP contribution < -0.4 is 10.6 Å². The first-order valence-electron chi connectivity index (χ1n) is 6.60. The lowest BCUT2D eigenvalue weighted by Gasteiger charge is -2.14. The average molecular weight is 319 g/mol. The summed E-state index contributed by atoms with van der Waals surface area (Å²) in [6, 6.07) is 4.43. The molecule has 1 heterocycles. The van der Waals surface area contributed by atoms with Crippen LogP contribution in [0.1, 0.15) is 23.2 Å². The van der Waals surface area contributed by atoms with Crippen LogP contribution >= 0.6 is 24.0 Å². The highest BCUT2D eigenvalue weighted by Crippen LogP contribution is 2.34. The van der Waals surface area contributed by atoms with Crippen molar-refractivity contribution in [2.24, 2.45) is 11.8 Å². The SMILES string of the molecule is Cl.O=C(NC1C[C@H]2CNC[C@H]2C1)c1c(F)cccc1Cl. The minimum atomic E-state index is -0.565. The van der Waals surface area contributed by atoms with Crippen molar-refractivity contribution in [3.8, 4) is 0 Å². The van der Waals surface area contributed by atoms with Gasteiger partial charge in [0.05, 0.1) is 10.6 Å². The van der Waals surface area contributed by atoms with Crippen LogP contribution in [0, 0.1) is 17.7 Å². The molecule has 0 aromatic heterocycles. The van der Waals surface area contributed by atoms with Crippen molar-refractivity contribution < 1.29 is 9.18 Å². The minimum absolute atomic E-state index is 0. The Kier molecular flexibility index (Phi) is 4.89. The second kappa shape index (κ2) is 6.29. The Morgan fingerprint density at radius 2 is 1.95 bits per heavy atom. The number of hydrogen-bond donors (Lipinski definition) is 2. The molecule has 2 N–H and O–H groups in total. The van der Waals surface area contributed by atoms with Crippen LogP contribution in [-0.4, -0.2) is 25.0 Å². The van der Waals surface area contributed by atoms with Crippen LogP contribution in [0.2, 0.25) is 5.02 Å². The molecule has 3 nitrogen and oxygen atoms in total. The maximum absolute atomic E-state index is 13.7. The molecular formula is C14H17Cl2FN2O. The number of carbonyl (C=O) groups is 1. The number of halogens is 3. The molecule has 1 amide bonds. The molecule has 20 heavy (non-hydrogen) atoms. The molecule has 0 spiro atoms. The lowest BCUT2D eigenvalue weighted by molar-refractivity contribution is 0.0932. The van der Waals surface area contributed by atoms with Crippen LogP contribution in [0.5, 0.6) is 0 Å². The molecule has 1 saturated carbocycles. The van der Waals surface area contributed by atoms with Crippen molar-refractivity contribution >= 4 is 29.9 Å². The van der Waals surface area contributed by atoms with E-state index in [-0.39, 0.29) is 29.0 Å². The molecule has 1 aliphatic heterocycles. The van der Waals surface area contributed by atoms with Gasteiger partial charge in [0.1, 0.15) is 5.82 Å². The van der Waals surface area contributed by atoms with Gasteiger partial charge in [-0.2, -0.15) is 0 Å². The highest BCUT2D eigenvalue weighted by Gasteiger charge is 2.38. The van der Waals surface area contributed by atoms with Gasteiger partial charge in [0.15, 0.2) is 0 Å². The molecule has 3 atom stereocenters. The third-order valence-electron chi connectivity index (χ3n) is 4.18. The van der Waals surface area contributed by atoms with Gasteiger partial charge in [0, 0.05) is 6.04 Å². The van der Waals surface area contributed by atoms with Gasteiger partial charge >= 0.3 is 0 Å². The highest BCUT2D eigenvalue weighted by atomic mass is 35.5. The van der Waals surface area contributed by atoms with Gasteiger partial charge in [-0.3, -0.25) is 4.79 Å². The van der Waals surface area contributed by atoms with Gasteiger partial charge in [-0.1, -0.05) is 17.7 Å². The molecule has 110 valence electrons. The number of nitrogens with one attached hydrogen (secondary N) is 2. The Bertz CT molecular complexity index is 480. The molecule has 2 aliphatic rings. The minimum Gasteiger partial charge on any atom is -0.349 e. The number of amides is 1. The van der Waals surface area contributed by atoms with Crippen molar-refractivity contribution in [1.82, 2.24) is 10.6 Å². The Morgan fingerprint density at radius 1 is 1.30 bits per heavy atom. The van der Waals surface area contributed by atoms with E-state index < -0.39 is 11.7 Å². The topological polar surface area (TPSA) is 41.1 Å². The summed E-state index contributed by atoms with van der Waals surface area (Å²) in [4.78, 5) is 12.1. The number of hydrogen-bond acceptors (Lipinski definition) is 2. The van der Waals surface area contributed by atoms with Gasteiger partial charge in [-0.15, -0.1) is 12.4 Å². The molecule has 6 heteroatoms.